The summed E-state index contributed by atoms with van der Waals surface area (Å²) in [5.41, 5.74) is 20.2. The van der Waals surface area contributed by atoms with Gasteiger partial charge in [0.1, 0.15) is 78.8 Å². The summed E-state index contributed by atoms with van der Waals surface area (Å²) in [5, 5.41) is 50.7. The Kier molecular flexibility index (Phi) is 39.0. The number of carbonyl (C=O) groups is 16. The van der Waals surface area contributed by atoms with E-state index in [0.29, 0.717) is 64.2 Å². The van der Waals surface area contributed by atoms with Crippen molar-refractivity contribution in [2.24, 2.45) is 23.1 Å². The molecule has 3 fully saturated rings. The first-order chi connectivity index (χ1) is 63.5. The third-order valence-electron chi connectivity index (χ3n) is 23.8. The highest BCUT2D eigenvalue weighted by Crippen LogP contribution is 2.30. The number of benzene rings is 3. The quantitative estimate of drug-likeness (QED) is 0.0122. The van der Waals surface area contributed by atoms with Crippen LogP contribution in [0.25, 0.3) is 21.8 Å². The van der Waals surface area contributed by atoms with E-state index in [9.17, 15) is 57.8 Å². The summed E-state index contributed by atoms with van der Waals surface area (Å²) >= 11 is 0.943. The molecule has 133 heavy (non-hydrogen) atoms. The second-order valence-electron chi connectivity index (χ2n) is 34.4. The normalized spacial score (nSPS) is 24.9. The largest absolute Gasteiger partial charge is 0.394 e. The van der Waals surface area contributed by atoms with Crippen LogP contribution in [0.15, 0.2) is 104 Å². The highest BCUT2D eigenvalue weighted by atomic mass is 32.2. The van der Waals surface area contributed by atoms with E-state index in [4.69, 9.17) is 27.3 Å². The Bertz CT molecular complexity index is 5070. The van der Waals surface area contributed by atoms with E-state index in [-0.39, 0.29) is 107 Å². The minimum atomic E-state index is -1.83. The number of epoxide rings is 1. The average Bonchev–Trinajstić information content (AvgIpc) is 1.66. The van der Waals surface area contributed by atoms with Crippen molar-refractivity contribution < 1.29 is 86.6 Å². The molecule has 2 unspecified atom stereocenters. The van der Waals surface area contributed by atoms with E-state index in [1.165, 1.54) is 57.4 Å². The number of fused-ring (bicyclic) bond motifs is 4. The third kappa shape index (κ3) is 29.7. The number of nitrogens with two attached hydrogens (primary N) is 3. The second kappa shape index (κ2) is 50.0. The number of hydrogen-bond donors (Lipinski definition) is 19. The van der Waals surface area contributed by atoms with Gasteiger partial charge in [0.05, 0.1) is 56.0 Å². The number of unbranched alkanes of at least 4 members (excludes halogenated alkanes) is 2. The fourth-order valence-electron chi connectivity index (χ4n) is 16.4. The lowest BCUT2D eigenvalue weighted by Crippen LogP contribution is -2.61. The highest BCUT2D eigenvalue weighted by molar-refractivity contribution is 8.00. The van der Waals surface area contributed by atoms with Crippen LogP contribution in [0.1, 0.15) is 134 Å². The minimum absolute atomic E-state index is 0.0203. The number of para-hydroxylation sites is 2. The fourth-order valence-corrected chi connectivity index (χ4v) is 17.2. The monoisotopic (exact) mass is 1860 g/mol. The molecule has 3 aliphatic heterocycles. The van der Waals surface area contributed by atoms with Gasteiger partial charge in [-0.25, -0.2) is 4.98 Å². The van der Waals surface area contributed by atoms with Gasteiger partial charge in [-0.05, 0) is 86.6 Å². The lowest BCUT2D eigenvalue weighted by Gasteiger charge is -2.36. The van der Waals surface area contributed by atoms with Crippen molar-refractivity contribution in [3.05, 3.63) is 126 Å². The Balaban J connectivity index is 1.07. The van der Waals surface area contributed by atoms with Crippen molar-refractivity contribution in [3.8, 4) is 0 Å². The van der Waals surface area contributed by atoms with Crippen LogP contribution < -0.4 is 75.7 Å². The van der Waals surface area contributed by atoms with Crippen molar-refractivity contribution in [1.29, 1.82) is 5.41 Å². The first kappa shape index (κ1) is 104. The molecule has 3 aliphatic rings. The topological polar surface area (TPSA) is 617 Å². The number of imidazole rings is 1. The van der Waals surface area contributed by atoms with Crippen LogP contribution in [-0.4, -0.2) is 313 Å². The van der Waals surface area contributed by atoms with Crippen molar-refractivity contribution in [1.82, 2.24) is 103 Å². The molecule has 43 heteroatoms. The van der Waals surface area contributed by atoms with E-state index < -0.39 is 217 Å². The predicted molar refractivity (Wildman–Crippen MR) is 493 cm³/mol. The Labute approximate surface area is 775 Å². The molecule has 15 atom stereocenters. The van der Waals surface area contributed by atoms with Gasteiger partial charge in [-0.2, -0.15) is 0 Å². The number of rotatable bonds is 26. The number of aliphatic hydroxyl groups is 1. The van der Waals surface area contributed by atoms with Crippen LogP contribution in [0.2, 0.25) is 0 Å². The number of carbonyl (C=O) groups excluding carboxylic acids is 16. The van der Waals surface area contributed by atoms with E-state index in [1.54, 1.807) is 99.0 Å². The molecular weight excluding hydrogens is 1740 g/mol. The predicted octanol–water partition coefficient (Wildman–Crippen LogP) is -1.94. The van der Waals surface area contributed by atoms with Gasteiger partial charge in [0.15, 0.2) is 5.96 Å². The van der Waals surface area contributed by atoms with E-state index in [2.05, 4.69) is 78.4 Å². The number of aromatic nitrogens is 4. The molecule has 42 nitrogen and oxygen atoms in total. The number of H-pyrrole nitrogens is 3. The van der Waals surface area contributed by atoms with Crippen LogP contribution in [0.5, 0.6) is 0 Å². The Morgan fingerprint density at radius 2 is 1.14 bits per heavy atom. The lowest BCUT2D eigenvalue weighted by atomic mass is 10.00. The second-order valence-corrected chi connectivity index (χ2v) is 35.4. The van der Waals surface area contributed by atoms with Crippen molar-refractivity contribution >= 4 is 134 Å². The number of aromatic amines is 3. The maximum Gasteiger partial charge on any atom is 0.246 e. The summed E-state index contributed by atoms with van der Waals surface area (Å²) in [5.74, 6) is -14.8. The molecule has 16 amide bonds. The number of amides is 16. The highest BCUT2D eigenvalue weighted by Gasteiger charge is 2.49. The summed E-state index contributed by atoms with van der Waals surface area (Å²) in [4.78, 5) is 253. The molecule has 0 radical (unpaired) electrons. The van der Waals surface area contributed by atoms with Crippen molar-refractivity contribution in [2.45, 2.75) is 228 Å². The maximum atomic E-state index is 15.7. The lowest BCUT2D eigenvalue weighted by molar-refractivity contribution is -0.149. The number of hydrogen-bond acceptors (Lipinski definition) is 22. The molecule has 3 saturated heterocycles. The zero-order valence-corrected chi connectivity index (χ0v) is 77.3. The molecule has 3 aromatic heterocycles. The van der Waals surface area contributed by atoms with Crippen LogP contribution in [-0.2, 0) is 107 Å². The Hall–Kier alpha value is -13.0. The summed E-state index contributed by atoms with van der Waals surface area (Å²) < 4.78 is 6.22. The number of likely N-dealkylation sites (N-methyl/N-ethyl adjacent to an activating group) is 4. The number of primary amides is 2. The van der Waals surface area contributed by atoms with Crippen LogP contribution in [0.4, 0.5) is 0 Å². The zero-order chi connectivity index (χ0) is 96.9. The van der Waals surface area contributed by atoms with Crippen molar-refractivity contribution in [3.63, 3.8) is 0 Å². The van der Waals surface area contributed by atoms with Gasteiger partial charge in [-0.3, -0.25) is 87.4 Å². The number of nitrogens with zero attached hydrogens (tertiary/aromatic N) is 6. The molecule has 0 bridgehead atoms. The van der Waals surface area contributed by atoms with Gasteiger partial charge in [0.2, 0.25) is 94.5 Å². The maximum absolute atomic E-state index is 15.7. The van der Waals surface area contributed by atoms with Crippen LogP contribution in [0.3, 0.4) is 0 Å². The summed E-state index contributed by atoms with van der Waals surface area (Å²) in [6, 6.07) is 4.61. The Morgan fingerprint density at radius 3 is 1.75 bits per heavy atom. The molecule has 3 aromatic carbocycles. The molecule has 6 heterocycles. The number of guanidine groups is 1. The minimum Gasteiger partial charge on any atom is -0.394 e. The summed E-state index contributed by atoms with van der Waals surface area (Å²) in [7, 11) is 5.42. The number of nitrogens with one attached hydrogen (secondary N) is 15. The number of ether oxygens (including phenoxy) is 1. The molecule has 0 saturated carbocycles. The zero-order valence-electron chi connectivity index (χ0n) is 76.5. The van der Waals surface area contributed by atoms with E-state index in [0.717, 1.165) is 26.5 Å². The smallest absolute Gasteiger partial charge is 0.246 e. The van der Waals surface area contributed by atoms with E-state index >= 15 is 24.0 Å². The third-order valence-corrected chi connectivity index (χ3v) is 24.9. The van der Waals surface area contributed by atoms with E-state index in [1.807, 2.05) is 19.9 Å². The molecule has 0 spiro atoms. The first-order valence-electron chi connectivity index (χ1n) is 44.9. The number of thioether (sulfide) groups is 1. The van der Waals surface area contributed by atoms with Gasteiger partial charge in [-0.15, -0.1) is 11.8 Å². The molecule has 0 aliphatic carbocycles. The standard InChI is InChI=1S/C90H128N24O18S/c1-10-12-30-69-82(125)103-60(29-21-33-96-90(93)94)76-84(132-76)109-68(78(121)99-44-73(92)117)47-133-48-75(119)102-64(36-52-23-15-14-16-24-52)86(128)111(7)51(5)77(120)105-66(40-72(91)116)88(130)114-34-22-32-70(114)83(126)104-62(39-55-43-95-49-100-55)80(123)106-63(35-50(3)4)85(127)110(6)45-74(118)101-61(37-53-41-97-58-27-19-17-25-56(53)58)79(122)108-67(46-115)81(124)107-65(38-54-42-98-59-28-20-18-26-57(54)59)87(129)113(9)71(31-13-11-2)89(131)112(69)8/h14-20,23-28,41-43,49-51,60-71,76,84,97-98,109,115H,10-13,21-22,29-40,44-48H2,1-9H3,(H2,91,116)(H2,92,117)(H,95,100)(H,99,121)(H,101,118)(H,102,119)(H,103,125)(H,104,126)(H,105,120)(H,106,123)(H,107,124)(H,108,122)(H4,93,94,96)/t51-,60-,61-,62-,63-,64-,65-,66-,67-,68-,69-,70-,71-,76?,84?/m0/s1. The van der Waals surface area contributed by atoms with Crippen LogP contribution in [0, 0.1) is 11.3 Å². The van der Waals surface area contributed by atoms with Gasteiger partial charge in [0.25, 0.3) is 0 Å². The molecule has 22 N–H and O–H groups in total. The number of aliphatic hydroxyl groups excluding tert-OH is 1. The van der Waals surface area contributed by atoms with Crippen molar-refractivity contribution in [2.75, 3.05) is 72.5 Å². The molecule has 6 aromatic rings. The fraction of sp³-hybridized carbons (Fsp3) is 0.533. The average molecular weight is 1870 g/mol. The first-order valence-corrected chi connectivity index (χ1v) is 46.0. The SMILES string of the molecule is CCCC[C@H]1C(=O)N(C)[C@@H](CCCC)C(=O)N[C@@H](CCCNC(=N)N)C2OC2N[C@H](C(=O)NCC(N)=O)CSCC(=O)N[C@@H](Cc2ccccc2)C(=O)N(C)[C@@H](C)C(=O)N[C@@H](CC(N)=O)C(=O)N2CCC[C@H]2C(=O)N[C@@H](Cc2c[nH]cn2)C(=O)N[C@@H](CC(C)C)C(=O)N(C)CC(=O)N[C@@H](Cc2c[nH]c3ccccc23)C(=O)N[C@@H](CO)C(=O)N[C@@H](Cc2c[nH]c3ccccc23)C(=O)N1C. The summed E-state index contributed by atoms with van der Waals surface area (Å²) in [6.45, 7) is 6.38. The van der Waals surface area contributed by atoms with Gasteiger partial charge in [-0.1, -0.05) is 120 Å². The molecule has 722 valence electrons. The van der Waals surface area contributed by atoms with Gasteiger partial charge < -0.3 is 120 Å². The summed E-state index contributed by atoms with van der Waals surface area (Å²) in [6.07, 6.45) is 5.41. The Morgan fingerprint density at radius 1 is 0.579 bits per heavy atom. The molecule has 9 rings (SSSR count). The van der Waals surface area contributed by atoms with Crippen LogP contribution >= 0.6 is 11.8 Å². The van der Waals surface area contributed by atoms with Gasteiger partial charge in [0, 0.05) is 113 Å². The van der Waals surface area contributed by atoms with Gasteiger partial charge >= 0.3 is 0 Å². The molecular formula is C90H128N24O18S.